The molecular formula is C17H18N2O. The molecule has 102 valence electrons. The Hall–Kier alpha value is -2.26. The van der Waals surface area contributed by atoms with Gasteiger partial charge in [0.05, 0.1) is 13.2 Å². The molecule has 0 aliphatic rings. The monoisotopic (exact) mass is 266 g/mol. The van der Waals surface area contributed by atoms with E-state index < -0.39 is 0 Å². The van der Waals surface area contributed by atoms with Crippen LogP contribution >= 0.6 is 0 Å². The molecule has 3 rings (SSSR count). The Morgan fingerprint density at radius 1 is 1.00 bits per heavy atom. The summed E-state index contributed by atoms with van der Waals surface area (Å²) in [4.78, 5) is 0. The summed E-state index contributed by atoms with van der Waals surface area (Å²) in [5.74, 6) is 0.827. The topological polar surface area (TPSA) is 40.2 Å². The van der Waals surface area contributed by atoms with Crippen LogP contribution in [-0.2, 0) is 7.05 Å². The standard InChI is InChI=1S/C17H18N2O/c1-19-11-14(12-7-3-5-9-15(12)19)17(18)13-8-4-6-10-16(13)20-2/h3-11,17H,18H2,1-2H3. The van der Waals surface area contributed by atoms with Gasteiger partial charge in [0.25, 0.3) is 0 Å². The van der Waals surface area contributed by atoms with Crippen LogP contribution in [0.1, 0.15) is 17.2 Å². The minimum absolute atomic E-state index is 0.197. The zero-order chi connectivity index (χ0) is 14.1. The molecule has 0 radical (unpaired) electrons. The van der Waals surface area contributed by atoms with E-state index in [2.05, 4.69) is 22.9 Å². The van der Waals surface area contributed by atoms with Crippen molar-refractivity contribution < 1.29 is 4.74 Å². The van der Waals surface area contributed by atoms with Crippen molar-refractivity contribution in [2.75, 3.05) is 7.11 Å². The number of aromatic nitrogens is 1. The lowest BCUT2D eigenvalue weighted by Crippen LogP contribution is -2.12. The number of ether oxygens (including phenoxy) is 1. The fourth-order valence-electron chi connectivity index (χ4n) is 2.71. The van der Waals surface area contributed by atoms with Crippen molar-refractivity contribution in [2.45, 2.75) is 6.04 Å². The maximum absolute atomic E-state index is 6.48. The highest BCUT2D eigenvalue weighted by Gasteiger charge is 2.17. The normalized spacial score (nSPS) is 12.6. The summed E-state index contributed by atoms with van der Waals surface area (Å²) in [5, 5.41) is 1.19. The summed E-state index contributed by atoms with van der Waals surface area (Å²) in [7, 11) is 3.72. The highest BCUT2D eigenvalue weighted by molar-refractivity contribution is 5.85. The summed E-state index contributed by atoms with van der Waals surface area (Å²) in [6.07, 6.45) is 2.10. The van der Waals surface area contributed by atoms with Crippen LogP contribution in [0.2, 0.25) is 0 Å². The van der Waals surface area contributed by atoms with Crippen LogP contribution in [0.3, 0.4) is 0 Å². The van der Waals surface area contributed by atoms with E-state index in [1.54, 1.807) is 7.11 Å². The van der Waals surface area contributed by atoms with E-state index in [4.69, 9.17) is 10.5 Å². The smallest absolute Gasteiger partial charge is 0.123 e. The number of para-hydroxylation sites is 2. The van der Waals surface area contributed by atoms with Crippen molar-refractivity contribution in [3.05, 3.63) is 65.9 Å². The van der Waals surface area contributed by atoms with Crippen molar-refractivity contribution in [2.24, 2.45) is 12.8 Å². The lowest BCUT2D eigenvalue weighted by molar-refractivity contribution is 0.408. The third-order valence-electron chi connectivity index (χ3n) is 3.74. The summed E-state index contributed by atoms with van der Waals surface area (Å²) >= 11 is 0. The van der Waals surface area contributed by atoms with E-state index in [9.17, 15) is 0 Å². The number of fused-ring (bicyclic) bond motifs is 1. The van der Waals surface area contributed by atoms with Gasteiger partial charge in [0, 0.05) is 29.7 Å². The van der Waals surface area contributed by atoms with Crippen LogP contribution in [0, 0.1) is 0 Å². The molecule has 1 unspecified atom stereocenters. The van der Waals surface area contributed by atoms with Gasteiger partial charge in [-0.15, -0.1) is 0 Å². The lowest BCUT2D eigenvalue weighted by Gasteiger charge is -2.15. The van der Waals surface area contributed by atoms with E-state index in [1.165, 1.54) is 10.9 Å². The molecule has 1 aromatic heterocycles. The van der Waals surface area contributed by atoms with Crippen LogP contribution in [-0.4, -0.2) is 11.7 Å². The third kappa shape index (κ3) is 1.96. The van der Waals surface area contributed by atoms with E-state index in [0.717, 1.165) is 16.9 Å². The van der Waals surface area contributed by atoms with Crippen LogP contribution in [0.5, 0.6) is 5.75 Å². The molecular weight excluding hydrogens is 248 g/mol. The lowest BCUT2D eigenvalue weighted by atomic mass is 9.98. The first-order chi connectivity index (χ1) is 9.72. The molecule has 2 aromatic carbocycles. The van der Waals surface area contributed by atoms with Gasteiger partial charge in [-0.3, -0.25) is 0 Å². The van der Waals surface area contributed by atoms with Crippen molar-refractivity contribution in [1.29, 1.82) is 0 Å². The maximum Gasteiger partial charge on any atom is 0.123 e. The summed E-state index contributed by atoms with van der Waals surface area (Å²) < 4.78 is 7.53. The molecule has 3 aromatic rings. The average Bonchev–Trinajstić information content (AvgIpc) is 2.84. The largest absolute Gasteiger partial charge is 0.496 e. The number of rotatable bonds is 3. The predicted molar refractivity (Wildman–Crippen MR) is 81.9 cm³/mol. The number of aryl methyl sites for hydroxylation is 1. The number of hydrogen-bond acceptors (Lipinski definition) is 2. The van der Waals surface area contributed by atoms with Gasteiger partial charge in [0.1, 0.15) is 5.75 Å². The first kappa shape index (κ1) is 12.8. The second-order valence-corrected chi connectivity index (χ2v) is 4.93. The minimum atomic E-state index is -0.197. The van der Waals surface area contributed by atoms with E-state index in [-0.39, 0.29) is 6.04 Å². The van der Waals surface area contributed by atoms with Gasteiger partial charge in [0.2, 0.25) is 0 Å². The molecule has 0 aliphatic carbocycles. The van der Waals surface area contributed by atoms with Gasteiger partial charge in [-0.2, -0.15) is 0 Å². The Kier molecular flexibility index (Phi) is 3.20. The molecule has 0 spiro atoms. The molecule has 0 fully saturated rings. The third-order valence-corrected chi connectivity index (χ3v) is 3.74. The van der Waals surface area contributed by atoms with E-state index >= 15 is 0 Å². The van der Waals surface area contributed by atoms with E-state index in [0.29, 0.717) is 0 Å². The molecule has 0 aliphatic heterocycles. The fraction of sp³-hybridized carbons (Fsp3) is 0.176. The summed E-state index contributed by atoms with van der Waals surface area (Å²) in [6, 6.07) is 16.0. The van der Waals surface area contributed by atoms with Gasteiger partial charge in [-0.05, 0) is 17.7 Å². The van der Waals surface area contributed by atoms with Crippen LogP contribution < -0.4 is 10.5 Å². The van der Waals surface area contributed by atoms with Crippen LogP contribution in [0.4, 0.5) is 0 Å². The molecule has 1 atom stereocenters. The van der Waals surface area contributed by atoms with Gasteiger partial charge in [-0.1, -0.05) is 36.4 Å². The first-order valence-corrected chi connectivity index (χ1v) is 6.65. The highest BCUT2D eigenvalue weighted by Crippen LogP contribution is 2.32. The Morgan fingerprint density at radius 3 is 2.50 bits per heavy atom. The second-order valence-electron chi connectivity index (χ2n) is 4.93. The quantitative estimate of drug-likeness (QED) is 0.790. The SMILES string of the molecule is COc1ccccc1C(N)c1cn(C)c2ccccc12. The Morgan fingerprint density at radius 2 is 1.70 bits per heavy atom. The Balaban J connectivity index is 2.15. The Labute approximate surface area is 118 Å². The highest BCUT2D eigenvalue weighted by atomic mass is 16.5. The van der Waals surface area contributed by atoms with Gasteiger partial charge in [-0.25, -0.2) is 0 Å². The number of nitrogens with two attached hydrogens (primary N) is 1. The van der Waals surface area contributed by atoms with Crippen molar-refractivity contribution >= 4 is 10.9 Å². The molecule has 1 heterocycles. The molecule has 2 N–H and O–H groups in total. The number of methoxy groups -OCH3 is 1. The zero-order valence-electron chi connectivity index (χ0n) is 11.7. The van der Waals surface area contributed by atoms with Crippen LogP contribution in [0.25, 0.3) is 10.9 Å². The first-order valence-electron chi connectivity index (χ1n) is 6.65. The van der Waals surface area contributed by atoms with E-state index in [1.807, 2.05) is 43.4 Å². The van der Waals surface area contributed by atoms with Crippen molar-refractivity contribution in [3.8, 4) is 5.75 Å². The predicted octanol–water partition coefficient (Wildman–Crippen LogP) is 3.24. The molecule has 3 nitrogen and oxygen atoms in total. The molecule has 0 saturated carbocycles. The zero-order valence-corrected chi connectivity index (χ0v) is 11.7. The summed E-state index contributed by atoms with van der Waals surface area (Å²) in [6.45, 7) is 0. The summed E-state index contributed by atoms with van der Waals surface area (Å²) in [5.41, 5.74) is 9.79. The Bertz CT molecular complexity index is 746. The van der Waals surface area contributed by atoms with Gasteiger partial charge < -0.3 is 15.0 Å². The van der Waals surface area contributed by atoms with Gasteiger partial charge >= 0.3 is 0 Å². The number of benzene rings is 2. The van der Waals surface area contributed by atoms with Crippen molar-refractivity contribution in [3.63, 3.8) is 0 Å². The minimum Gasteiger partial charge on any atom is -0.496 e. The molecule has 0 bridgehead atoms. The molecule has 3 heteroatoms. The number of nitrogens with zero attached hydrogens (tertiary/aromatic N) is 1. The second kappa shape index (κ2) is 5.02. The fourth-order valence-corrected chi connectivity index (χ4v) is 2.71. The average molecular weight is 266 g/mol. The molecule has 0 saturated heterocycles. The maximum atomic E-state index is 6.48. The number of hydrogen-bond donors (Lipinski definition) is 1. The van der Waals surface area contributed by atoms with Crippen LogP contribution in [0.15, 0.2) is 54.7 Å². The van der Waals surface area contributed by atoms with Gasteiger partial charge in [0.15, 0.2) is 0 Å². The molecule has 20 heavy (non-hydrogen) atoms. The molecule has 0 amide bonds. The van der Waals surface area contributed by atoms with Crippen molar-refractivity contribution in [1.82, 2.24) is 4.57 Å².